The van der Waals surface area contributed by atoms with Gasteiger partial charge < -0.3 is 15.4 Å². The molecule has 0 aromatic rings. The quantitative estimate of drug-likeness (QED) is 0.141. The third kappa shape index (κ3) is 14.9. The van der Waals surface area contributed by atoms with Crippen LogP contribution in [0.4, 0.5) is 0 Å². The highest BCUT2D eigenvalue weighted by molar-refractivity contribution is 4.81. The van der Waals surface area contributed by atoms with E-state index in [0.717, 1.165) is 47.6 Å². The van der Waals surface area contributed by atoms with E-state index in [1.165, 1.54) is 180 Å². The van der Waals surface area contributed by atoms with E-state index in [4.69, 9.17) is 4.74 Å². The van der Waals surface area contributed by atoms with Crippen molar-refractivity contribution in [1.29, 1.82) is 0 Å². The molecule has 4 aliphatic carbocycles. The van der Waals surface area contributed by atoms with Crippen LogP contribution in [0.3, 0.4) is 0 Å². The summed E-state index contributed by atoms with van der Waals surface area (Å²) in [7, 11) is 0. The van der Waals surface area contributed by atoms with Crippen LogP contribution in [0.2, 0.25) is 0 Å². The van der Waals surface area contributed by atoms with Gasteiger partial charge in [-0.15, -0.1) is 0 Å². The van der Waals surface area contributed by atoms with Crippen molar-refractivity contribution in [3.63, 3.8) is 0 Å². The fourth-order valence-corrected chi connectivity index (χ4v) is 10.2. The number of hydrogen-bond acceptors (Lipinski definition) is 3. The van der Waals surface area contributed by atoms with Crippen molar-refractivity contribution < 1.29 is 4.74 Å². The number of hydrogen-bond donors (Lipinski definition) is 2. The smallest absolute Gasteiger partial charge is 0.0579 e. The monoisotopic (exact) mass is 629 g/mol. The molecular weight excluding hydrogens is 548 g/mol. The van der Waals surface area contributed by atoms with E-state index < -0.39 is 0 Å². The standard InChI is InChI=1S/C42H80N2O/c1-5-29-43-39-21-13-37(14-22-39)31-33(3)9-7-11-35-17-25-41(26-18-35)45-42-27-19-36(20-28-42)12-8-10-34(4)32-38-15-23-40(24-16-38)44-30-6-2/h33-44H,5-32H2,1-4H3. The molecule has 0 saturated heterocycles. The lowest BCUT2D eigenvalue weighted by Crippen LogP contribution is -2.33. The van der Waals surface area contributed by atoms with E-state index in [9.17, 15) is 0 Å². The van der Waals surface area contributed by atoms with Gasteiger partial charge in [-0.05, 0) is 177 Å². The van der Waals surface area contributed by atoms with Crippen LogP contribution in [0.1, 0.15) is 195 Å². The van der Waals surface area contributed by atoms with Gasteiger partial charge in [0, 0.05) is 12.1 Å². The summed E-state index contributed by atoms with van der Waals surface area (Å²) in [5.41, 5.74) is 0. The molecule has 4 saturated carbocycles. The first-order valence-electron chi connectivity index (χ1n) is 21.1. The predicted octanol–water partition coefficient (Wildman–Crippen LogP) is 11.6. The zero-order valence-corrected chi connectivity index (χ0v) is 31.0. The van der Waals surface area contributed by atoms with Crippen molar-refractivity contribution in [3.05, 3.63) is 0 Å². The average molecular weight is 629 g/mol. The molecule has 0 spiro atoms. The molecule has 45 heavy (non-hydrogen) atoms. The summed E-state index contributed by atoms with van der Waals surface area (Å²) < 4.78 is 6.73. The highest BCUT2D eigenvalue weighted by Gasteiger charge is 2.28. The summed E-state index contributed by atoms with van der Waals surface area (Å²) >= 11 is 0. The van der Waals surface area contributed by atoms with Crippen LogP contribution in [0.25, 0.3) is 0 Å². The molecule has 3 nitrogen and oxygen atoms in total. The van der Waals surface area contributed by atoms with Gasteiger partial charge in [-0.2, -0.15) is 0 Å². The minimum atomic E-state index is 0.571. The largest absolute Gasteiger partial charge is 0.375 e. The maximum atomic E-state index is 6.73. The Bertz CT molecular complexity index is 650. The second kappa shape index (κ2) is 21.8. The molecule has 2 N–H and O–H groups in total. The Kier molecular flexibility index (Phi) is 18.2. The Morgan fingerprint density at radius 2 is 0.844 bits per heavy atom. The zero-order valence-electron chi connectivity index (χ0n) is 31.0. The van der Waals surface area contributed by atoms with Crippen LogP contribution < -0.4 is 10.6 Å². The molecule has 4 fully saturated rings. The van der Waals surface area contributed by atoms with Crippen LogP contribution in [0.15, 0.2) is 0 Å². The van der Waals surface area contributed by atoms with Gasteiger partial charge in [0.05, 0.1) is 12.2 Å². The average Bonchev–Trinajstić information content (AvgIpc) is 3.06. The second-order valence-electron chi connectivity index (χ2n) is 17.3. The normalized spacial score (nSPS) is 34.4. The maximum Gasteiger partial charge on any atom is 0.0579 e. The summed E-state index contributed by atoms with van der Waals surface area (Å²) in [5, 5.41) is 7.51. The van der Waals surface area contributed by atoms with Gasteiger partial charge in [-0.25, -0.2) is 0 Å². The van der Waals surface area contributed by atoms with Gasteiger partial charge in [-0.3, -0.25) is 0 Å². The van der Waals surface area contributed by atoms with Crippen molar-refractivity contribution in [1.82, 2.24) is 10.6 Å². The van der Waals surface area contributed by atoms with Gasteiger partial charge in [0.15, 0.2) is 0 Å². The molecule has 2 atom stereocenters. The van der Waals surface area contributed by atoms with Crippen LogP contribution in [-0.4, -0.2) is 37.4 Å². The second-order valence-corrected chi connectivity index (χ2v) is 17.3. The molecule has 3 heteroatoms. The van der Waals surface area contributed by atoms with E-state index in [0.29, 0.717) is 12.2 Å². The molecule has 0 aromatic heterocycles. The Morgan fingerprint density at radius 1 is 0.489 bits per heavy atom. The molecule has 0 heterocycles. The summed E-state index contributed by atoms with van der Waals surface area (Å²) in [6.45, 7) is 12.1. The fourth-order valence-electron chi connectivity index (χ4n) is 10.2. The van der Waals surface area contributed by atoms with Crippen molar-refractivity contribution >= 4 is 0 Å². The van der Waals surface area contributed by atoms with Gasteiger partial charge in [0.25, 0.3) is 0 Å². The number of nitrogens with one attached hydrogen (secondary N) is 2. The topological polar surface area (TPSA) is 33.3 Å². The molecule has 4 aliphatic rings. The third-order valence-electron chi connectivity index (χ3n) is 13.1. The van der Waals surface area contributed by atoms with Crippen LogP contribution in [0.5, 0.6) is 0 Å². The molecule has 0 radical (unpaired) electrons. The van der Waals surface area contributed by atoms with E-state index in [1.54, 1.807) is 0 Å². The lowest BCUT2D eigenvalue weighted by atomic mass is 9.79. The first-order valence-corrected chi connectivity index (χ1v) is 21.1. The molecule has 0 aromatic carbocycles. The van der Waals surface area contributed by atoms with E-state index in [1.807, 2.05) is 0 Å². The summed E-state index contributed by atoms with van der Waals surface area (Å²) in [4.78, 5) is 0. The van der Waals surface area contributed by atoms with Crippen molar-refractivity contribution in [2.24, 2.45) is 35.5 Å². The molecule has 4 rings (SSSR count). The van der Waals surface area contributed by atoms with E-state index >= 15 is 0 Å². The highest BCUT2D eigenvalue weighted by atomic mass is 16.5. The minimum absolute atomic E-state index is 0.571. The van der Waals surface area contributed by atoms with Gasteiger partial charge in [0.2, 0.25) is 0 Å². The van der Waals surface area contributed by atoms with Crippen LogP contribution in [-0.2, 0) is 4.74 Å². The first-order chi connectivity index (χ1) is 22.0. The maximum absolute atomic E-state index is 6.73. The Balaban J connectivity index is 0.960. The summed E-state index contributed by atoms with van der Waals surface area (Å²) in [6, 6.07) is 1.62. The Morgan fingerprint density at radius 3 is 1.20 bits per heavy atom. The van der Waals surface area contributed by atoms with E-state index in [-0.39, 0.29) is 0 Å². The van der Waals surface area contributed by atoms with Crippen molar-refractivity contribution in [3.8, 4) is 0 Å². The number of ether oxygens (including phenoxy) is 1. The van der Waals surface area contributed by atoms with Gasteiger partial charge in [-0.1, -0.05) is 66.2 Å². The molecular formula is C42H80N2O. The van der Waals surface area contributed by atoms with E-state index in [2.05, 4.69) is 38.3 Å². The third-order valence-corrected chi connectivity index (χ3v) is 13.1. The van der Waals surface area contributed by atoms with Crippen molar-refractivity contribution in [2.75, 3.05) is 13.1 Å². The Hall–Kier alpha value is -0.120. The lowest BCUT2D eigenvalue weighted by Gasteiger charge is -2.35. The highest BCUT2D eigenvalue weighted by Crippen LogP contribution is 2.37. The molecule has 0 bridgehead atoms. The minimum Gasteiger partial charge on any atom is -0.375 e. The van der Waals surface area contributed by atoms with Gasteiger partial charge in [0.1, 0.15) is 0 Å². The SMILES string of the molecule is CCCNC1CCC(CC(C)CCCC2CCC(OC3CCC(CCCC(C)CC4CCC(NCCC)CC4)CC3)CC2)CC1. The summed E-state index contributed by atoms with van der Waals surface area (Å²) in [5.74, 6) is 5.82. The first kappa shape index (κ1) is 37.7. The predicted molar refractivity (Wildman–Crippen MR) is 196 cm³/mol. The molecule has 2 unspecified atom stereocenters. The molecule has 0 amide bonds. The Labute approximate surface area is 282 Å². The molecule has 264 valence electrons. The lowest BCUT2D eigenvalue weighted by molar-refractivity contribution is -0.0573. The zero-order chi connectivity index (χ0) is 31.7. The molecule has 0 aliphatic heterocycles. The fraction of sp³-hybridized carbons (Fsp3) is 1.00. The van der Waals surface area contributed by atoms with Gasteiger partial charge >= 0.3 is 0 Å². The number of rotatable bonds is 20. The summed E-state index contributed by atoms with van der Waals surface area (Å²) in [6.07, 6.45) is 38.1. The van der Waals surface area contributed by atoms with Crippen molar-refractivity contribution in [2.45, 2.75) is 219 Å². The van der Waals surface area contributed by atoms with Crippen LogP contribution in [0, 0.1) is 35.5 Å². The van der Waals surface area contributed by atoms with Crippen LogP contribution >= 0.6 is 0 Å².